The average molecular weight is 326 g/mol. The summed E-state index contributed by atoms with van der Waals surface area (Å²) in [5.41, 5.74) is 1.75. The molecule has 0 spiro atoms. The number of pyridine rings is 1. The molecular formula is C16H19BN4O3. The van der Waals surface area contributed by atoms with Gasteiger partial charge in [0.05, 0.1) is 10.9 Å². The summed E-state index contributed by atoms with van der Waals surface area (Å²) < 4.78 is 4.93. The molecule has 0 bridgehead atoms. The second-order valence-corrected chi connectivity index (χ2v) is 6.56. The van der Waals surface area contributed by atoms with Crippen LogP contribution in [0.2, 0.25) is 0 Å². The van der Waals surface area contributed by atoms with Gasteiger partial charge >= 0.3 is 12.5 Å². The zero-order valence-electron chi connectivity index (χ0n) is 13.5. The molecule has 124 valence electrons. The second kappa shape index (κ2) is 5.86. The number of aliphatic hydroxyl groups is 2. The number of nitrogens with zero attached hydrogens (tertiary/aromatic N) is 4. The number of hydrogen-bond donors (Lipinski definition) is 2. The molecule has 2 unspecified atom stereocenters. The highest BCUT2D eigenvalue weighted by atomic mass is 16.7. The van der Waals surface area contributed by atoms with Gasteiger partial charge in [-0.05, 0) is 43.3 Å². The van der Waals surface area contributed by atoms with Crippen LogP contribution in [-0.2, 0) is 0 Å². The van der Waals surface area contributed by atoms with E-state index in [1.807, 2.05) is 6.92 Å². The number of hydrogen-bond acceptors (Lipinski definition) is 7. The Kier molecular flexibility index (Phi) is 3.81. The first-order valence-electron chi connectivity index (χ1n) is 8.27. The molecule has 2 N–H and O–H groups in total. The van der Waals surface area contributed by atoms with Crippen molar-refractivity contribution in [3.63, 3.8) is 0 Å². The molecule has 1 aliphatic heterocycles. The van der Waals surface area contributed by atoms with Crippen LogP contribution in [0.5, 0.6) is 6.01 Å². The van der Waals surface area contributed by atoms with Gasteiger partial charge in [0.25, 0.3) is 0 Å². The van der Waals surface area contributed by atoms with E-state index in [0.717, 1.165) is 29.7 Å². The molecule has 4 rings (SSSR count). The van der Waals surface area contributed by atoms with E-state index in [1.165, 1.54) is 19.3 Å². The number of ether oxygens (including phenoxy) is 1. The average Bonchev–Trinajstić information content (AvgIpc) is 3.30. The first kappa shape index (κ1) is 15.6. The first-order valence-corrected chi connectivity index (χ1v) is 8.27. The normalized spacial score (nSPS) is 23.2. The van der Waals surface area contributed by atoms with E-state index in [2.05, 4.69) is 19.9 Å². The van der Waals surface area contributed by atoms with Crippen LogP contribution in [0, 0.1) is 12.8 Å². The molecule has 2 atom stereocenters. The molecule has 2 aliphatic rings. The smallest absolute Gasteiger partial charge is 0.323 e. The van der Waals surface area contributed by atoms with Crippen LogP contribution in [0.3, 0.4) is 0 Å². The van der Waals surface area contributed by atoms with E-state index < -0.39 is 6.48 Å². The van der Waals surface area contributed by atoms with E-state index in [0.29, 0.717) is 23.1 Å². The van der Waals surface area contributed by atoms with Gasteiger partial charge in [0.2, 0.25) is 0 Å². The van der Waals surface area contributed by atoms with Gasteiger partial charge in [-0.1, -0.05) is 6.42 Å². The number of aryl methyl sites for hydroxylation is 1. The summed E-state index contributed by atoms with van der Waals surface area (Å²) in [4.78, 5) is 15.3. The van der Waals surface area contributed by atoms with Crippen molar-refractivity contribution in [2.24, 2.45) is 5.92 Å². The maximum Gasteiger partial charge on any atom is 0.323 e. The van der Waals surface area contributed by atoms with E-state index in [-0.39, 0.29) is 6.01 Å². The molecule has 2 aromatic rings. The Labute approximate surface area is 141 Å². The first-order chi connectivity index (χ1) is 11.5. The topological polar surface area (TPSA) is 91.6 Å². The summed E-state index contributed by atoms with van der Waals surface area (Å²) in [6.07, 6.45) is 6.45. The van der Waals surface area contributed by atoms with Gasteiger partial charge in [-0.2, -0.15) is 9.97 Å². The Hall–Kier alpha value is -1.93. The number of fused-ring (bicyclic) bond motifs is 2. The number of rotatable bonds is 3. The van der Waals surface area contributed by atoms with Crippen molar-refractivity contribution >= 4 is 30.2 Å². The fourth-order valence-corrected chi connectivity index (χ4v) is 3.60. The number of aromatic nitrogens is 3. The van der Waals surface area contributed by atoms with Crippen molar-refractivity contribution in [3.05, 3.63) is 11.8 Å². The number of anilines is 1. The molecule has 1 aliphatic carbocycles. The van der Waals surface area contributed by atoms with Gasteiger partial charge in [-0.3, -0.25) is 4.98 Å². The van der Waals surface area contributed by atoms with Crippen molar-refractivity contribution in [1.29, 1.82) is 0 Å². The van der Waals surface area contributed by atoms with Crippen molar-refractivity contribution < 1.29 is 14.9 Å². The zero-order chi connectivity index (χ0) is 16.8. The van der Waals surface area contributed by atoms with Crippen molar-refractivity contribution in [1.82, 2.24) is 15.0 Å². The molecule has 7 nitrogen and oxygen atoms in total. The lowest BCUT2D eigenvalue weighted by molar-refractivity contribution is -0.183. The van der Waals surface area contributed by atoms with Gasteiger partial charge in [0, 0.05) is 18.8 Å². The SMILES string of the molecule is [B]c1ncc2c(N3CCCCC4CC43)nc(OC(O)O)nc2c1C. The molecule has 0 aromatic carbocycles. The zero-order valence-corrected chi connectivity index (χ0v) is 13.5. The van der Waals surface area contributed by atoms with Crippen LogP contribution < -0.4 is 15.2 Å². The third kappa shape index (κ3) is 2.69. The molecule has 1 saturated heterocycles. The maximum absolute atomic E-state index is 9.11. The molecule has 2 fully saturated rings. The van der Waals surface area contributed by atoms with Gasteiger partial charge in [-0.25, -0.2) is 0 Å². The highest BCUT2D eigenvalue weighted by Crippen LogP contribution is 2.45. The minimum Gasteiger partial charge on any atom is -0.408 e. The molecule has 8 heteroatoms. The fourth-order valence-electron chi connectivity index (χ4n) is 3.60. The molecule has 2 radical (unpaired) electrons. The molecule has 2 aromatic heterocycles. The summed E-state index contributed by atoms with van der Waals surface area (Å²) in [6.45, 7) is 0.786. The fraction of sp³-hybridized carbons (Fsp3) is 0.562. The lowest BCUT2D eigenvalue weighted by Crippen LogP contribution is -2.29. The van der Waals surface area contributed by atoms with Crippen LogP contribution in [0.1, 0.15) is 31.2 Å². The molecule has 0 amide bonds. The monoisotopic (exact) mass is 326 g/mol. The lowest BCUT2D eigenvalue weighted by atomic mass is 9.97. The quantitative estimate of drug-likeness (QED) is 0.613. The van der Waals surface area contributed by atoms with E-state index >= 15 is 0 Å². The molecule has 1 saturated carbocycles. The molecular weight excluding hydrogens is 307 g/mol. The van der Waals surface area contributed by atoms with Crippen molar-refractivity contribution in [3.8, 4) is 6.01 Å². The lowest BCUT2D eigenvalue weighted by Gasteiger charge is -2.25. The van der Waals surface area contributed by atoms with Crippen LogP contribution in [0.4, 0.5) is 5.82 Å². The van der Waals surface area contributed by atoms with Crippen LogP contribution in [0.15, 0.2) is 6.20 Å². The summed E-state index contributed by atoms with van der Waals surface area (Å²) in [6, 6.07) is 0.415. The predicted molar refractivity (Wildman–Crippen MR) is 89.4 cm³/mol. The van der Waals surface area contributed by atoms with Crippen LogP contribution >= 0.6 is 0 Å². The predicted octanol–water partition coefficient (Wildman–Crippen LogP) is 0.153. The number of aliphatic hydroxyl groups excluding tert-OH is 1. The van der Waals surface area contributed by atoms with Crippen LogP contribution in [0.25, 0.3) is 10.9 Å². The van der Waals surface area contributed by atoms with E-state index in [1.54, 1.807) is 6.20 Å². The Morgan fingerprint density at radius 1 is 1.33 bits per heavy atom. The summed E-state index contributed by atoms with van der Waals surface area (Å²) in [5.74, 6) is 1.45. The standard InChI is InChI=1S/C16H19BN4O3/c1-8-12-10(7-18-13(8)17)14(20-15(19-12)24-16(22)23)21-5-3-2-4-9-6-11(9)21/h7,9,11,16,22-23H,2-6H2,1H3. The summed E-state index contributed by atoms with van der Waals surface area (Å²) in [5, 5.41) is 19.0. The maximum atomic E-state index is 9.11. The van der Waals surface area contributed by atoms with Crippen LogP contribution in [-0.4, -0.2) is 52.1 Å². The van der Waals surface area contributed by atoms with E-state index in [9.17, 15) is 0 Å². The molecule has 24 heavy (non-hydrogen) atoms. The molecule has 3 heterocycles. The summed E-state index contributed by atoms with van der Waals surface area (Å²) in [7, 11) is 5.90. The third-order valence-corrected chi connectivity index (χ3v) is 4.97. The third-order valence-electron chi connectivity index (χ3n) is 4.97. The largest absolute Gasteiger partial charge is 0.408 e. The van der Waals surface area contributed by atoms with Crippen molar-refractivity contribution in [2.45, 2.75) is 45.1 Å². The highest BCUT2D eigenvalue weighted by molar-refractivity contribution is 6.32. The summed E-state index contributed by atoms with van der Waals surface area (Å²) >= 11 is 0. The van der Waals surface area contributed by atoms with Crippen molar-refractivity contribution in [2.75, 3.05) is 11.4 Å². The van der Waals surface area contributed by atoms with Gasteiger partial charge in [0.1, 0.15) is 13.7 Å². The minimum atomic E-state index is -1.97. The second-order valence-electron chi connectivity index (χ2n) is 6.56. The van der Waals surface area contributed by atoms with Gasteiger partial charge in [0.15, 0.2) is 0 Å². The Bertz CT molecular complexity index is 785. The minimum absolute atomic E-state index is 0.0670. The van der Waals surface area contributed by atoms with Gasteiger partial charge in [-0.15, -0.1) is 0 Å². The Balaban J connectivity index is 1.87. The Morgan fingerprint density at radius 2 is 2.17 bits per heavy atom. The highest BCUT2D eigenvalue weighted by Gasteiger charge is 2.43. The van der Waals surface area contributed by atoms with E-state index in [4.69, 9.17) is 22.8 Å². The Morgan fingerprint density at radius 3 is 2.96 bits per heavy atom. The van der Waals surface area contributed by atoms with Gasteiger partial charge < -0.3 is 19.8 Å².